The van der Waals surface area contributed by atoms with Gasteiger partial charge in [-0.1, -0.05) is 0 Å². The fourth-order valence-corrected chi connectivity index (χ4v) is 1.59. The summed E-state index contributed by atoms with van der Waals surface area (Å²) in [5.74, 6) is -1.34. The summed E-state index contributed by atoms with van der Waals surface area (Å²) in [5, 5.41) is 8.23. The Balaban J connectivity index is 2.39. The lowest BCUT2D eigenvalue weighted by Gasteiger charge is -2.12. The van der Waals surface area contributed by atoms with Crippen LogP contribution in [0, 0.1) is 5.82 Å². The Morgan fingerprint density at radius 3 is 2.62 bits per heavy atom. The maximum atomic E-state index is 13.2. The second kappa shape index (κ2) is 5.43. The van der Waals surface area contributed by atoms with E-state index in [1.807, 2.05) is 0 Å². The molecule has 2 aromatic rings. The number of H-pyrrole nitrogens is 1. The summed E-state index contributed by atoms with van der Waals surface area (Å²) in [6, 6.07) is 3.46. The van der Waals surface area contributed by atoms with Crippen molar-refractivity contribution in [2.45, 2.75) is 6.18 Å². The Morgan fingerprint density at radius 2 is 2.00 bits per heavy atom. The smallest absolute Gasteiger partial charge is 0.419 e. The Hall–Kier alpha value is -2.58. The lowest BCUT2D eigenvalue weighted by atomic mass is 10.2. The van der Waals surface area contributed by atoms with Gasteiger partial charge in [0.2, 0.25) is 0 Å². The van der Waals surface area contributed by atoms with Gasteiger partial charge < -0.3 is 10.1 Å². The van der Waals surface area contributed by atoms with Gasteiger partial charge in [-0.15, -0.1) is 0 Å². The number of alkyl halides is 3. The van der Waals surface area contributed by atoms with Crippen molar-refractivity contribution >= 4 is 11.5 Å². The van der Waals surface area contributed by atoms with Crippen LogP contribution in [0.5, 0.6) is 5.75 Å². The van der Waals surface area contributed by atoms with Crippen LogP contribution in [0.4, 0.5) is 29.1 Å². The number of anilines is 2. The minimum absolute atomic E-state index is 0.00293. The van der Waals surface area contributed by atoms with E-state index in [0.717, 1.165) is 12.1 Å². The molecule has 0 spiro atoms. The van der Waals surface area contributed by atoms with E-state index in [4.69, 9.17) is 4.74 Å². The highest BCUT2D eigenvalue weighted by molar-refractivity contribution is 5.62. The van der Waals surface area contributed by atoms with Crippen molar-refractivity contribution in [3.63, 3.8) is 0 Å². The van der Waals surface area contributed by atoms with E-state index >= 15 is 0 Å². The first-order valence-corrected chi connectivity index (χ1v) is 5.59. The summed E-state index contributed by atoms with van der Waals surface area (Å²) in [4.78, 5) is 11.1. The highest BCUT2D eigenvalue weighted by Gasteiger charge is 2.34. The van der Waals surface area contributed by atoms with E-state index in [1.54, 1.807) is 0 Å². The van der Waals surface area contributed by atoms with Crippen molar-refractivity contribution in [3.05, 3.63) is 46.0 Å². The van der Waals surface area contributed by atoms with Crippen LogP contribution in [0.25, 0.3) is 0 Å². The molecule has 0 unspecified atom stereocenters. The van der Waals surface area contributed by atoms with E-state index < -0.39 is 23.1 Å². The summed E-state index contributed by atoms with van der Waals surface area (Å²) in [7, 11) is 1.27. The van der Waals surface area contributed by atoms with Crippen LogP contribution in [0.1, 0.15) is 5.56 Å². The summed E-state index contributed by atoms with van der Waals surface area (Å²) in [6.07, 6.45) is -4.82. The second-order valence-electron chi connectivity index (χ2n) is 3.97. The quantitative estimate of drug-likeness (QED) is 0.856. The fourth-order valence-electron chi connectivity index (χ4n) is 1.59. The Labute approximate surface area is 115 Å². The zero-order valence-electron chi connectivity index (χ0n) is 10.6. The fraction of sp³-hybridized carbons (Fsp3) is 0.167. The maximum Gasteiger partial charge on any atom is 0.419 e. The molecule has 1 aromatic carbocycles. The van der Waals surface area contributed by atoms with Crippen LogP contribution in [0.2, 0.25) is 0 Å². The number of halogens is 4. The normalized spacial score (nSPS) is 11.3. The average Bonchev–Trinajstić information content (AvgIpc) is 2.41. The largest absolute Gasteiger partial charge is 0.493 e. The van der Waals surface area contributed by atoms with Gasteiger partial charge in [-0.2, -0.15) is 18.3 Å². The zero-order chi connectivity index (χ0) is 15.6. The molecule has 2 rings (SSSR count). The van der Waals surface area contributed by atoms with E-state index in [1.165, 1.54) is 7.11 Å². The lowest BCUT2D eigenvalue weighted by molar-refractivity contribution is -0.139. The number of hydrogen-bond donors (Lipinski definition) is 2. The summed E-state index contributed by atoms with van der Waals surface area (Å²) < 4.78 is 55.9. The van der Waals surface area contributed by atoms with Crippen molar-refractivity contribution in [2.75, 3.05) is 12.4 Å². The molecule has 1 heterocycles. The molecule has 0 aliphatic heterocycles. The predicted molar refractivity (Wildman–Crippen MR) is 66.1 cm³/mol. The Kier molecular flexibility index (Phi) is 3.83. The van der Waals surface area contributed by atoms with Crippen LogP contribution in [0.15, 0.2) is 29.1 Å². The van der Waals surface area contributed by atoms with Crippen LogP contribution in [0.3, 0.4) is 0 Å². The number of aromatic amines is 1. The minimum Gasteiger partial charge on any atom is -0.493 e. The van der Waals surface area contributed by atoms with Gasteiger partial charge in [0.05, 0.1) is 18.7 Å². The molecule has 2 N–H and O–H groups in total. The van der Waals surface area contributed by atoms with Crippen LogP contribution < -0.4 is 15.6 Å². The molecule has 0 aliphatic rings. The first-order valence-electron chi connectivity index (χ1n) is 5.59. The summed E-state index contributed by atoms with van der Waals surface area (Å²) in [5.41, 5.74) is -2.00. The van der Waals surface area contributed by atoms with Gasteiger partial charge in [0.1, 0.15) is 5.82 Å². The third kappa shape index (κ3) is 3.30. The molecule has 0 saturated heterocycles. The van der Waals surface area contributed by atoms with Crippen molar-refractivity contribution in [3.8, 4) is 5.75 Å². The number of aromatic nitrogens is 2. The van der Waals surface area contributed by atoms with E-state index in [9.17, 15) is 22.4 Å². The first kappa shape index (κ1) is 14.8. The molecule has 0 fully saturated rings. The molecule has 0 aliphatic carbocycles. The number of benzene rings is 1. The predicted octanol–water partition coefficient (Wildman–Crippen LogP) is 2.68. The van der Waals surface area contributed by atoms with Gasteiger partial charge in [-0.05, 0) is 18.2 Å². The SMILES string of the molecule is COc1cc(=O)[nH]nc1Nc1ccc(F)c(C(F)(F)F)c1. The number of methoxy groups -OCH3 is 1. The molecule has 0 atom stereocenters. The number of nitrogens with one attached hydrogen (secondary N) is 2. The third-order valence-corrected chi connectivity index (χ3v) is 2.53. The number of rotatable bonds is 3. The van der Waals surface area contributed by atoms with Gasteiger partial charge in [0.15, 0.2) is 11.6 Å². The van der Waals surface area contributed by atoms with Gasteiger partial charge in [0.25, 0.3) is 5.56 Å². The first-order chi connectivity index (χ1) is 9.81. The monoisotopic (exact) mass is 303 g/mol. The van der Waals surface area contributed by atoms with E-state index in [2.05, 4.69) is 15.5 Å². The molecular weight excluding hydrogens is 294 g/mol. The van der Waals surface area contributed by atoms with Crippen molar-refractivity contribution in [1.82, 2.24) is 10.2 Å². The topological polar surface area (TPSA) is 67.0 Å². The van der Waals surface area contributed by atoms with Gasteiger partial charge in [0, 0.05) is 5.69 Å². The maximum absolute atomic E-state index is 13.2. The summed E-state index contributed by atoms with van der Waals surface area (Å²) in [6.45, 7) is 0. The zero-order valence-corrected chi connectivity index (χ0v) is 10.6. The van der Waals surface area contributed by atoms with E-state index in [0.29, 0.717) is 12.1 Å². The van der Waals surface area contributed by atoms with Crippen LogP contribution >= 0.6 is 0 Å². The Morgan fingerprint density at radius 1 is 1.29 bits per heavy atom. The van der Waals surface area contributed by atoms with E-state index in [-0.39, 0.29) is 17.3 Å². The van der Waals surface area contributed by atoms with Gasteiger partial charge in [-0.25, -0.2) is 9.49 Å². The molecule has 0 bridgehead atoms. The highest BCUT2D eigenvalue weighted by Crippen LogP contribution is 2.34. The van der Waals surface area contributed by atoms with Crippen LogP contribution in [-0.2, 0) is 6.18 Å². The Bertz CT molecular complexity index is 712. The minimum atomic E-state index is -4.82. The third-order valence-electron chi connectivity index (χ3n) is 2.53. The van der Waals surface area contributed by atoms with Crippen molar-refractivity contribution < 1.29 is 22.3 Å². The summed E-state index contributed by atoms with van der Waals surface area (Å²) >= 11 is 0. The molecule has 1 aromatic heterocycles. The second-order valence-corrected chi connectivity index (χ2v) is 3.97. The lowest BCUT2D eigenvalue weighted by Crippen LogP contribution is -2.11. The molecule has 5 nitrogen and oxygen atoms in total. The molecule has 0 amide bonds. The van der Waals surface area contributed by atoms with Crippen molar-refractivity contribution in [1.29, 1.82) is 0 Å². The standard InChI is InChI=1S/C12H9F4N3O2/c1-21-9-5-10(20)18-19-11(9)17-6-2-3-8(13)7(4-6)12(14,15)16/h2-5H,1H3,(H,17,19)(H,18,20). The molecule has 0 saturated carbocycles. The van der Waals surface area contributed by atoms with Gasteiger partial charge in [-0.3, -0.25) is 4.79 Å². The van der Waals surface area contributed by atoms with Gasteiger partial charge >= 0.3 is 6.18 Å². The van der Waals surface area contributed by atoms with Crippen LogP contribution in [-0.4, -0.2) is 17.3 Å². The van der Waals surface area contributed by atoms with Crippen molar-refractivity contribution in [2.24, 2.45) is 0 Å². The molecule has 0 radical (unpaired) electrons. The highest BCUT2D eigenvalue weighted by atomic mass is 19.4. The molecule has 21 heavy (non-hydrogen) atoms. The average molecular weight is 303 g/mol. The molecule has 9 heteroatoms. The molecule has 112 valence electrons. The number of ether oxygens (including phenoxy) is 1. The number of nitrogens with zero attached hydrogens (tertiary/aromatic N) is 1. The molecular formula is C12H9F4N3O2. The number of hydrogen-bond acceptors (Lipinski definition) is 4.